The number of carboxylic acid groups (broad SMARTS) is 1. The topological polar surface area (TPSA) is 77.8 Å². The van der Waals surface area contributed by atoms with Crippen LogP contribution in [0.25, 0.3) is 0 Å². The quantitative estimate of drug-likeness (QED) is 0.387. The standard InChI is InChI=1S/C13H26O4/c1-2-3-4-5-6-7-8-9-10-11(12(14)15)13(16)17/h11-12,14-15H,2-10H2,1H3,(H,16,17). The molecule has 17 heavy (non-hydrogen) atoms. The van der Waals surface area contributed by atoms with Gasteiger partial charge < -0.3 is 15.3 Å². The summed E-state index contributed by atoms with van der Waals surface area (Å²) in [5.74, 6) is -2.15. The van der Waals surface area contributed by atoms with Crippen molar-refractivity contribution in [3.63, 3.8) is 0 Å². The van der Waals surface area contributed by atoms with Gasteiger partial charge >= 0.3 is 5.97 Å². The highest BCUT2D eigenvalue weighted by molar-refractivity contribution is 5.70. The van der Waals surface area contributed by atoms with Gasteiger partial charge in [-0.1, -0.05) is 58.3 Å². The first-order valence-corrected chi connectivity index (χ1v) is 6.68. The lowest BCUT2D eigenvalue weighted by Gasteiger charge is -2.13. The number of rotatable bonds is 11. The summed E-state index contributed by atoms with van der Waals surface area (Å²) >= 11 is 0. The van der Waals surface area contributed by atoms with Crippen LogP contribution in [-0.2, 0) is 4.79 Å². The van der Waals surface area contributed by atoms with Crippen molar-refractivity contribution in [1.82, 2.24) is 0 Å². The van der Waals surface area contributed by atoms with Gasteiger partial charge in [0.1, 0.15) is 5.92 Å². The van der Waals surface area contributed by atoms with Crippen LogP contribution in [0.15, 0.2) is 0 Å². The molecule has 0 heterocycles. The van der Waals surface area contributed by atoms with Gasteiger partial charge in [0.25, 0.3) is 0 Å². The van der Waals surface area contributed by atoms with E-state index in [1.807, 2.05) is 0 Å². The van der Waals surface area contributed by atoms with E-state index in [4.69, 9.17) is 15.3 Å². The predicted octanol–water partition coefficient (Wildman–Crippen LogP) is 2.53. The molecule has 0 fully saturated rings. The second-order valence-corrected chi connectivity index (χ2v) is 4.62. The summed E-state index contributed by atoms with van der Waals surface area (Å²) in [7, 11) is 0. The second kappa shape index (κ2) is 10.5. The summed E-state index contributed by atoms with van der Waals surface area (Å²) in [5.41, 5.74) is 0. The number of aliphatic hydroxyl groups is 2. The van der Waals surface area contributed by atoms with E-state index in [-0.39, 0.29) is 0 Å². The first-order chi connectivity index (χ1) is 8.09. The molecular weight excluding hydrogens is 220 g/mol. The summed E-state index contributed by atoms with van der Waals surface area (Å²) < 4.78 is 0. The van der Waals surface area contributed by atoms with Crippen LogP contribution in [0.4, 0.5) is 0 Å². The zero-order valence-electron chi connectivity index (χ0n) is 10.8. The van der Waals surface area contributed by atoms with Crippen molar-refractivity contribution in [3.05, 3.63) is 0 Å². The first-order valence-electron chi connectivity index (χ1n) is 6.68. The van der Waals surface area contributed by atoms with Gasteiger partial charge in [-0.3, -0.25) is 4.79 Å². The van der Waals surface area contributed by atoms with E-state index in [9.17, 15) is 4.79 Å². The molecule has 4 nitrogen and oxygen atoms in total. The number of hydrogen-bond donors (Lipinski definition) is 3. The van der Waals surface area contributed by atoms with Crippen molar-refractivity contribution < 1.29 is 20.1 Å². The van der Waals surface area contributed by atoms with Gasteiger partial charge in [-0.25, -0.2) is 0 Å². The third-order valence-corrected chi connectivity index (χ3v) is 3.05. The smallest absolute Gasteiger partial charge is 0.311 e. The summed E-state index contributed by atoms with van der Waals surface area (Å²) in [5, 5.41) is 26.4. The lowest BCUT2D eigenvalue weighted by molar-refractivity contribution is -0.159. The monoisotopic (exact) mass is 246 g/mol. The van der Waals surface area contributed by atoms with Crippen molar-refractivity contribution >= 4 is 5.97 Å². The summed E-state index contributed by atoms with van der Waals surface area (Å²) in [6.45, 7) is 2.19. The van der Waals surface area contributed by atoms with Gasteiger partial charge in [-0.15, -0.1) is 0 Å². The number of carbonyl (C=O) groups is 1. The van der Waals surface area contributed by atoms with Crippen LogP contribution in [0.1, 0.15) is 64.7 Å². The third-order valence-electron chi connectivity index (χ3n) is 3.05. The first kappa shape index (κ1) is 16.4. The minimum atomic E-state index is -1.74. The van der Waals surface area contributed by atoms with E-state index in [0.29, 0.717) is 6.42 Å². The highest BCUT2D eigenvalue weighted by atomic mass is 16.5. The molecule has 0 saturated heterocycles. The van der Waals surface area contributed by atoms with Gasteiger partial charge in [-0.05, 0) is 6.42 Å². The Hall–Kier alpha value is -0.610. The van der Waals surface area contributed by atoms with Gasteiger partial charge in [0.2, 0.25) is 0 Å². The molecule has 0 aromatic rings. The second-order valence-electron chi connectivity index (χ2n) is 4.62. The maximum atomic E-state index is 10.7. The molecule has 1 unspecified atom stereocenters. The summed E-state index contributed by atoms with van der Waals surface area (Å²) in [4.78, 5) is 10.7. The molecule has 0 rings (SSSR count). The highest BCUT2D eigenvalue weighted by Gasteiger charge is 2.23. The molecule has 1 atom stereocenters. The van der Waals surface area contributed by atoms with E-state index in [2.05, 4.69) is 6.92 Å². The maximum Gasteiger partial charge on any atom is 0.311 e. The molecule has 0 spiro atoms. The Labute approximate surface area is 104 Å². The van der Waals surface area contributed by atoms with E-state index in [1.54, 1.807) is 0 Å². The van der Waals surface area contributed by atoms with Gasteiger partial charge in [0.15, 0.2) is 6.29 Å². The van der Waals surface area contributed by atoms with E-state index in [1.165, 1.54) is 32.1 Å². The number of unbranched alkanes of at least 4 members (excludes halogenated alkanes) is 7. The molecule has 0 aliphatic rings. The Kier molecular flexibility index (Phi) is 10.2. The minimum Gasteiger partial charge on any atom is -0.481 e. The average molecular weight is 246 g/mol. The number of carboxylic acids is 1. The van der Waals surface area contributed by atoms with E-state index < -0.39 is 18.2 Å². The molecule has 0 aromatic carbocycles. The molecular formula is C13H26O4. The van der Waals surface area contributed by atoms with Crippen LogP contribution in [0.2, 0.25) is 0 Å². The molecule has 0 saturated carbocycles. The molecule has 0 bridgehead atoms. The van der Waals surface area contributed by atoms with Crippen LogP contribution in [0.5, 0.6) is 0 Å². The number of hydrogen-bond acceptors (Lipinski definition) is 3. The minimum absolute atomic E-state index is 0.349. The predicted molar refractivity (Wildman–Crippen MR) is 66.6 cm³/mol. The van der Waals surface area contributed by atoms with Crippen molar-refractivity contribution in [2.24, 2.45) is 5.92 Å². The zero-order chi connectivity index (χ0) is 13.1. The Morgan fingerprint density at radius 1 is 0.941 bits per heavy atom. The molecule has 0 aliphatic heterocycles. The molecule has 3 N–H and O–H groups in total. The van der Waals surface area contributed by atoms with Crippen LogP contribution < -0.4 is 0 Å². The molecule has 0 aromatic heterocycles. The maximum absolute atomic E-state index is 10.7. The van der Waals surface area contributed by atoms with Crippen molar-refractivity contribution in [1.29, 1.82) is 0 Å². The summed E-state index contributed by atoms with van der Waals surface area (Å²) in [6, 6.07) is 0. The fourth-order valence-corrected chi connectivity index (χ4v) is 1.90. The average Bonchev–Trinajstić information content (AvgIpc) is 2.26. The highest BCUT2D eigenvalue weighted by Crippen LogP contribution is 2.15. The Morgan fingerprint density at radius 3 is 1.82 bits per heavy atom. The zero-order valence-corrected chi connectivity index (χ0v) is 10.8. The lowest BCUT2D eigenvalue weighted by Crippen LogP contribution is -2.27. The van der Waals surface area contributed by atoms with Crippen LogP contribution in [0, 0.1) is 5.92 Å². The Morgan fingerprint density at radius 2 is 1.41 bits per heavy atom. The van der Waals surface area contributed by atoms with Gasteiger partial charge in [-0.2, -0.15) is 0 Å². The normalized spacial score (nSPS) is 12.9. The van der Waals surface area contributed by atoms with E-state index >= 15 is 0 Å². The fraction of sp³-hybridized carbons (Fsp3) is 0.923. The molecule has 0 radical (unpaired) electrons. The molecule has 0 amide bonds. The SMILES string of the molecule is CCCCCCCCCCC(C(=O)O)C(O)O. The van der Waals surface area contributed by atoms with Crippen molar-refractivity contribution in [2.75, 3.05) is 0 Å². The van der Waals surface area contributed by atoms with Crippen molar-refractivity contribution in [2.45, 2.75) is 71.0 Å². The summed E-state index contributed by atoms with van der Waals surface area (Å²) in [6.07, 6.45) is 7.70. The van der Waals surface area contributed by atoms with Gasteiger partial charge in [0.05, 0.1) is 0 Å². The largest absolute Gasteiger partial charge is 0.481 e. The lowest BCUT2D eigenvalue weighted by atomic mass is 9.99. The van der Waals surface area contributed by atoms with E-state index in [0.717, 1.165) is 19.3 Å². The molecule has 0 aliphatic carbocycles. The Bertz CT molecular complexity index is 192. The van der Waals surface area contributed by atoms with Gasteiger partial charge in [0, 0.05) is 0 Å². The molecule has 4 heteroatoms. The fourth-order valence-electron chi connectivity index (χ4n) is 1.90. The van der Waals surface area contributed by atoms with Crippen LogP contribution in [0.3, 0.4) is 0 Å². The van der Waals surface area contributed by atoms with Crippen LogP contribution >= 0.6 is 0 Å². The van der Waals surface area contributed by atoms with Crippen molar-refractivity contribution in [3.8, 4) is 0 Å². The third kappa shape index (κ3) is 9.12. The number of aliphatic carboxylic acids is 1. The number of aliphatic hydroxyl groups excluding tert-OH is 1. The Balaban J connectivity index is 3.40. The molecule has 102 valence electrons. The van der Waals surface area contributed by atoms with Crippen LogP contribution in [-0.4, -0.2) is 27.6 Å².